The van der Waals surface area contributed by atoms with Crippen LogP contribution in [0.15, 0.2) is 63.2 Å². The smallest absolute Gasteiger partial charge is 0.136 e. The van der Waals surface area contributed by atoms with Crippen LogP contribution in [-0.2, 0) is 11.3 Å². The van der Waals surface area contributed by atoms with Gasteiger partial charge in [-0.05, 0) is 71.0 Å². The molecule has 184 valence electrons. The van der Waals surface area contributed by atoms with Crippen LogP contribution < -0.4 is 10.2 Å². The zero-order chi connectivity index (χ0) is 24.9. The van der Waals surface area contributed by atoms with Gasteiger partial charge in [-0.25, -0.2) is 4.99 Å². The lowest BCUT2D eigenvalue weighted by Gasteiger charge is -2.23. The second-order valence-electron chi connectivity index (χ2n) is 9.32. The molecule has 2 N–H and O–H groups in total. The van der Waals surface area contributed by atoms with Gasteiger partial charge in [-0.3, -0.25) is 14.8 Å². The monoisotopic (exact) mass is 473 g/mol. The SMILES string of the molecule is C=NC=Nc1[nH]c2cc([C@@H]3C(C)ON[C@@H]3C)c(OC)cc2c1C[C@@H](/C=C(/C)N=C)C1C=CC=CC1. The van der Waals surface area contributed by atoms with Gasteiger partial charge in [0.25, 0.3) is 0 Å². The van der Waals surface area contributed by atoms with Crippen molar-refractivity contribution < 1.29 is 9.57 Å². The molecule has 1 aliphatic heterocycles. The number of fused-ring (bicyclic) bond motifs is 1. The summed E-state index contributed by atoms with van der Waals surface area (Å²) in [7, 11) is 1.72. The van der Waals surface area contributed by atoms with Crippen LogP contribution in [0.3, 0.4) is 0 Å². The summed E-state index contributed by atoms with van der Waals surface area (Å²) in [5, 5.41) is 1.09. The fourth-order valence-electron chi connectivity index (χ4n) is 5.27. The minimum absolute atomic E-state index is 0.0308. The Bertz CT molecular complexity index is 1200. The van der Waals surface area contributed by atoms with Gasteiger partial charge in [-0.2, -0.15) is 5.48 Å². The van der Waals surface area contributed by atoms with Crippen molar-refractivity contribution in [1.29, 1.82) is 0 Å². The quantitative estimate of drug-likeness (QED) is 0.355. The molecule has 2 aliphatic rings. The van der Waals surface area contributed by atoms with Crippen LogP contribution in [0.1, 0.15) is 44.2 Å². The predicted octanol–water partition coefficient (Wildman–Crippen LogP) is 5.83. The molecule has 0 amide bonds. The second-order valence-corrected chi connectivity index (χ2v) is 9.32. The topological polar surface area (TPSA) is 83.4 Å². The molecule has 1 saturated heterocycles. The largest absolute Gasteiger partial charge is 0.496 e. The number of hydrogen-bond acceptors (Lipinski definition) is 5. The van der Waals surface area contributed by atoms with Gasteiger partial charge in [-0.15, -0.1) is 0 Å². The number of ether oxygens (including phenoxy) is 1. The Balaban J connectivity index is 1.84. The Morgan fingerprint density at radius 3 is 2.74 bits per heavy atom. The van der Waals surface area contributed by atoms with E-state index in [1.165, 1.54) is 6.34 Å². The molecule has 2 aromatic rings. The van der Waals surface area contributed by atoms with Crippen molar-refractivity contribution in [1.82, 2.24) is 10.5 Å². The summed E-state index contributed by atoms with van der Waals surface area (Å²) >= 11 is 0. The van der Waals surface area contributed by atoms with Crippen LogP contribution in [0.5, 0.6) is 5.75 Å². The fraction of sp³-hybridized carbons (Fsp3) is 0.393. The number of hydrogen-bond donors (Lipinski definition) is 2. The lowest BCUT2D eigenvalue weighted by Crippen LogP contribution is -2.22. The molecule has 7 heteroatoms. The number of nitrogens with one attached hydrogen (secondary N) is 2. The van der Waals surface area contributed by atoms with Gasteiger partial charge >= 0.3 is 0 Å². The number of aromatic nitrogens is 1. The van der Waals surface area contributed by atoms with Gasteiger partial charge in [0.2, 0.25) is 0 Å². The molecule has 1 aliphatic carbocycles. The summed E-state index contributed by atoms with van der Waals surface area (Å²) in [5.74, 6) is 2.39. The summed E-state index contributed by atoms with van der Waals surface area (Å²) in [5.41, 5.74) is 7.27. The fourth-order valence-corrected chi connectivity index (χ4v) is 5.27. The molecule has 7 nitrogen and oxygen atoms in total. The molecule has 35 heavy (non-hydrogen) atoms. The van der Waals surface area contributed by atoms with Crippen molar-refractivity contribution in [2.75, 3.05) is 7.11 Å². The minimum Gasteiger partial charge on any atom is -0.496 e. The number of aliphatic imine (C=N–C) groups is 3. The minimum atomic E-state index is 0.0308. The van der Waals surface area contributed by atoms with E-state index in [9.17, 15) is 0 Å². The first kappa shape index (κ1) is 24.8. The number of rotatable bonds is 9. The van der Waals surface area contributed by atoms with Gasteiger partial charge in [0.1, 0.15) is 17.9 Å². The first-order chi connectivity index (χ1) is 17.0. The molecule has 4 rings (SSSR count). The number of H-pyrrole nitrogens is 1. The summed E-state index contributed by atoms with van der Waals surface area (Å²) in [4.78, 5) is 21.8. The second kappa shape index (κ2) is 11.0. The Hall–Kier alpha value is -3.29. The van der Waals surface area contributed by atoms with Crippen molar-refractivity contribution in [2.24, 2.45) is 26.8 Å². The van der Waals surface area contributed by atoms with Gasteiger partial charge in [-0.1, -0.05) is 30.4 Å². The van der Waals surface area contributed by atoms with Gasteiger partial charge in [0.15, 0.2) is 0 Å². The van der Waals surface area contributed by atoms with Crippen molar-refractivity contribution in [3.05, 3.63) is 59.3 Å². The van der Waals surface area contributed by atoms with Gasteiger partial charge < -0.3 is 9.72 Å². The number of benzene rings is 1. The highest BCUT2D eigenvalue weighted by atomic mass is 16.7. The maximum absolute atomic E-state index is 5.89. The highest BCUT2D eigenvalue weighted by Crippen LogP contribution is 2.42. The zero-order valence-corrected chi connectivity index (χ0v) is 21.0. The number of aromatic amines is 1. The van der Waals surface area contributed by atoms with Crippen molar-refractivity contribution in [3.8, 4) is 5.75 Å². The molecule has 0 bridgehead atoms. The molecule has 5 atom stereocenters. The first-order valence-electron chi connectivity index (χ1n) is 12.1. The van der Waals surface area contributed by atoms with E-state index in [-0.39, 0.29) is 24.0 Å². The van der Waals surface area contributed by atoms with E-state index in [4.69, 9.17) is 9.57 Å². The molecule has 0 spiro atoms. The third kappa shape index (κ3) is 5.21. The maximum atomic E-state index is 5.89. The summed E-state index contributed by atoms with van der Waals surface area (Å²) in [6, 6.07) is 4.48. The molecule has 0 saturated carbocycles. The normalized spacial score (nSPS) is 25.4. The van der Waals surface area contributed by atoms with Gasteiger partial charge in [0, 0.05) is 39.7 Å². The standard InChI is InChI=1S/C28H35N5O2/c1-17(30-5)12-21(20-10-8-7-9-11-20)13-23-22-15-26(34-6)24(27-18(2)33-35-19(27)3)14-25(22)32-28(23)31-16-29-4/h7-10,12,14-16,18-21,27,32-33H,4-5,11,13H2,1-3,6H3/b17-12-,31-16?/t18-,19?,20?,21-,27+/m1/s1. The third-order valence-electron chi connectivity index (χ3n) is 7.05. The number of allylic oxidation sites excluding steroid dienone is 6. The molecular weight excluding hydrogens is 438 g/mol. The molecule has 2 unspecified atom stereocenters. The molecule has 2 heterocycles. The third-order valence-corrected chi connectivity index (χ3v) is 7.05. The summed E-state index contributed by atoms with van der Waals surface area (Å²) in [6.45, 7) is 13.5. The first-order valence-corrected chi connectivity index (χ1v) is 12.1. The Morgan fingerprint density at radius 1 is 1.29 bits per heavy atom. The maximum Gasteiger partial charge on any atom is 0.136 e. The van der Waals surface area contributed by atoms with E-state index in [2.05, 4.69) is 95.2 Å². The van der Waals surface area contributed by atoms with E-state index in [0.29, 0.717) is 5.92 Å². The number of nitrogens with zero attached hydrogens (tertiary/aromatic N) is 3. The molecule has 1 aromatic heterocycles. The Kier molecular flexibility index (Phi) is 7.78. The lowest BCUT2D eigenvalue weighted by atomic mass is 9.81. The van der Waals surface area contributed by atoms with Crippen LogP contribution >= 0.6 is 0 Å². The lowest BCUT2D eigenvalue weighted by molar-refractivity contribution is 0.0353. The average molecular weight is 474 g/mol. The van der Waals surface area contributed by atoms with E-state index in [1.807, 2.05) is 6.92 Å². The van der Waals surface area contributed by atoms with Crippen LogP contribution in [0.4, 0.5) is 5.82 Å². The Labute approximate surface area is 207 Å². The number of hydroxylamine groups is 1. The van der Waals surface area contributed by atoms with Crippen LogP contribution in [0.25, 0.3) is 10.9 Å². The van der Waals surface area contributed by atoms with Crippen LogP contribution in [-0.4, -0.2) is 44.0 Å². The molecular formula is C28H35N5O2. The van der Waals surface area contributed by atoms with Crippen molar-refractivity contribution in [3.63, 3.8) is 0 Å². The average Bonchev–Trinajstić information content (AvgIpc) is 3.39. The van der Waals surface area contributed by atoms with Gasteiger partial charge in [0.05, 0.1) is 13.2 Å². The van der Waals surface area contributed by atoms with E-state index in [1.54, 1.807) is 7.11 Å². The Morgan fingerprint density at radius 2 is 2.11 bits per heavy atom. The zero-order valence-electron chi connectivity index (χ0n) is 21.0. The van der Waals surface area contributed by atoms with E-state index >= 15 is 0 Å². The van der Waals surface area contributed by atoms with Crippen molar-refractivity contribution in [2.45, 2.75) is 51.7 Å². The highest BCUT2D eigenvalue weighted by molar-refractivity contribution is 5.91. The molecule has 1 aromatic carbocycles. The highest BCUT2D eigenvalue weighted by Gasteiger charge is 2.35. The van der Waals surface area contributed by atoms with E-state index in [0.717, 1.165) is 52.1 Å². The molecule has 1 fully saturated rings. The van der Waals surface area contributed by atoms with Crippen LogP contribution in [0, 0.1) is 11.8 Å². The van der Waals surface area contributed by atoms with Crippen LogP contribution in [0.2, 0.25) is 0 Å². The van der Waals surface area contributed by atoms with Crippen molar-refractivity contribution >= 4 is 36.5 Å². The molecule has 0 radical (unpaired) electrons. The summed E-state index contributed by atoms with van der Waals surface area (Å²) < 4.78 is 5.89. The van der Waals surface area contributed by atoms with E-state index < -0.39 is 0 Å². The summed E-state index contributed by atoms with van der Waals surface area (Å²) in [6.07, 6.45) is 14.2. The predicted molar refractivity (Wildman–Crippen MR) is 145 cm³/mol. The number of methoxy groups -OCH3 is 1.